The van der Waals surface area contributed by atoms with Crippen molar-refractivity contribution in [1.29, 1.82) is 0 Å². The molecule has 5 heteroatoms. The standard InChI is InChI=1S/C11H14N4O/c1-7-8(2)14-15(11(7)12)10-5-4-9(16-3)6-13-10/h4-6H,12H2,1-3H3. The molecule has 0 saturated heterocycles. The van der Waals surface area contributed by atoms with E-state index in [4.69, 9.17) is 10.5 Å². The molecule has 0 bridgehead atoms. The van der Waals surface area contributed by atoms with Gasteiger partial charge in [-0.1, -0.05) is 0 Å². The third kappa shape index (κ3) is 1.60. The van der Waals surface area contributed by atoms with Gasteiger partial charge in [-0.3, -0.25) is 0 Å². The number of nitrogens with two attached hydrogens (primary N) is 1. The quantitative estimate of drug-likeness (QED) is 0.829. The summed E-state index contributed by atoms with van der Waals surface area (Å²) in [5, 5.41) is 4.32. The topological polar surface area (TPSA) is 66.0 Å². The van der Waals surface area contributed by atoms with Gasteiger partial charge in [0, 0.05) is 5.56 Å². The first-order valence-corrected chi connectivity index (χ1v) is 4.95. The Morgan fingerprint density at radius 3 is 2.50 bits per heavy atom. The first kappa shape index (κ1) is 10.5. The molecule has 0 amide bonds. The zero-order chi connectivity index (χ0) is 11.7. The van der Waals surface area contributed by atoms with E-state index in [0.717, 1.165) is 11.3 Å². The van der Waals surface area contributed by atoms with Crippen molar-refractivity contribution < 1.29 is 4.74 Å². The Balaban J connectivity index is 2.46. The fraction of sp³-hybridized carbons (Fsp3) is 0.273. The first-order valence-electron chi connectivity index (χ1n) is 4.95. The minimum atomic E-state index is 0.621. The Morgan fingerprint density at radius 1 is 1.31 bits per heavy atom. The number of hydrogen-bond donors (Lipinski definition) is 1. The van der Waals surface area contributed by atoms with Gasteiger partial charge in [0.15, 0.2) is 5.82 Å². The lowest BCUT2D eigenvalue weighted by molar-refractivity contribution is 0.412. The van der Waals surface area contributed by atoms with Gasteiger partial charge in [0.05, 0.1) is 19.0 Å². The van der Waals surface area contributed by atoms with E-state index in [-0.39, 0.29) is 0 Å². The summed E-state index contributed by atoms with van der Waals surface area (Å²) in [4.78, 5) is 4.23. The molecule has 0 saturated carbocycles. The van der Waals surface area contributed by atoms with Crippen LogP contribution in [0, 0.1) is 13.8 Å². The van der Waals surface area contributed by atoms with Crippen molar-refractivity contribution in [1.82, 2.24) is 14.8 Å². The summed E-state index contributed by atoms with van der Waals surface area (Å²) in [5.74, 6) is 2.02. The minimum absolute atomic E-state index is 0.621. The number of aryl methyl sites for hydroxylation is 1. The van der Waals surface area contributed by atoms with E-state index in [1.165, 1.54) is 0 Å². The molecule has 0 aromatic carbocycles. The zero-order valence-corrected chi connectivity index (χ0v) is 9.56. The van der Waals surface area contributed by atoms with Gasteiger partial charge in [-0.25, -0.2) is 4.98 Å². The van der Waals surface area contributed by atoms with Gasteiger partial charge in [0.25, 0.3) is 0 Å². The molecule has 0 spiro atoms. The second-order valence-corrected chi connectivity index (χ2v) is 3.56. The predicted octanol–water partition coefficient (Wildman–Crippen LogP) is 1.47. The predicted molar refractivity (Wildman–Crippen MR) is 61.8 cm³/mol. The number of nitrogens with zero attached hydrogens (tertiary/aromatic N) is 3. The van der Waals surface area contributed by atoms with E-state index in [1.807, 2.05) is 26.0 Å². The van der Waals surface area contributed by atoms with Gasteiger partial charge >= 0.3 is 0 Å². The minimum Gasteiger partial charge on any atom is -0.495 e. The van der Waals surface area contributed by atoms with Gasteiger partial charge in [-0.15, -0.1) is 0 Å². The van der Waals surface area contributed by atoms with Crippen LogP contribution in [-0.2, 0) is 0 Å². The normalized spacial score (nSPS) is 10.4. The first-order chi connectivity index (χ1) is 7.63. The molecule has 5 nitrogen and oxygen atoms in total. The van der Waals surface area contributed by atoms with Crippen LogP contribution in [0.3, 0.4) is 0 Å². The summed E-state index contributed by atoms with van der Waals surface area (Å²) in [6, 6.07) is 3.65. The third-order valence-corrected chi connectivity index (χ3v) is 2.58. The highest BCUT2D eigenvalue weighted by Crippen LogP contribution is 2.19. The molecule has 2 aromatic heterocycles. The highest BCUT2D eigenvalue weighted by molar-refractivity contribution is 5.47. The summed E-state index contributed by atoms with van der Waals surface area (Å²) in [6.07, 6.45) is 1.64. The smallest absolute Gasteiger partial charge is 0.155 e. The highest BCUT2D eigenvalue weighted by atomic mass is 16.5. The van der Waals surface area contributed by atoms with Crippen molar-refractivity contribution in [2.24, 2.45) is 0 Å². The summed E-state index contributed by atoms with van der Waals surface area (Å²) in [6.45, 7) is 3.86. The fourth-order valence-electron chi connectivity index (χ4n) is 1.42. The van der Waals surface area contributed by atoms with Crippen molar-refractivity contribution in [2.45, 2.75) is 13.8 Å². The van der Waals surface area contributed by atoms with E-state index in [1.54, 1.807) is 18.0 Å². The van der Waals surface area contributed by atoms with Crippen molar-refractivity contribution in [3.05, 3.63) is 29.6 Å². The summed E-state index contributed by atoms with van der Waals surface area (Å²) < 4.78 is 6.67. The van der Waals surface area contributed by atoms with E-state index in [0.29, 0.717) is 17.4 Å². The van der Waals surface area contributed by atoms with Gasteiger partial charge in [-0.05, 0) is 26.0 Å². The summed E-state index contributed by atoms with van der Waals surface area (Å²) in [7, 11) is 1.60. The number of ether oxygens (including phenoxy) is 1. The average molecular weight is 218 g/mol. The van der Waals surface area contributed by atoms with E-state index < -0.39 is 0 Å². The Kier molecular flexibility index (Phi) is 2.52. The lowest BCUT2D eigenvalue weighted by Crippen LogP contribution is -2.04. The van der Waals surface area contributed by atoms with Crippen LogP contribution in [0.4, 0.5) is 5.82 Å². The maximum absolute atomic E-state index is 5.94. The second kappa shape index (κ2) is 3.84. The lowest BCUT2D eigenvalue weighted by atomic mass is 10.3. The van der Waals surface area contributed by atoms with Crippen LogP contribution in [0.25, 0.3) is 5.82 Å². The van der Waals surface area contributed by atoms with Gasteiger partial charge < -0.3 is 10.5 Å². The Morgan fingerprint density at radius 2 is 2.06 bits per heavy atom. The number of anilines is 1. The molecule has 84 valence electrons. The van der Waals surface area contributed by atoms with Crippen molar-refractivity contribution in [3.63, 3.8) is 0 Å². The molecule has 2 N–H and O–H groups in total. The molecule has 0 aliphatic heterocycles. The van der Waals surface area contributed by atoms with E-state index >= 15 is 0 Å². The zero-order valence-electron chi connectivity index (χ0n) is 9.56. The number of aromatic nitrogens is 3. The van der Waals surface area contributed by atoms with E-state index in [2.05, 4.69) is 10.1 Å². The molecule has 0 aliphatic carbocycles. The van der Waals surface area contributed by atoms with Crippen LogP contribution in [0.15, 0.2) is 18.3 Å². The number of hydrogen-bond acceptors (Lipinski definition) is 4. The van der Waals surface area contributed by atoms with Crippen LogP contribution in [-0.4, -0.2) is 21.9 Å². The van der Waals surface area contributed by atoms with Gasteiger partial charge in [0.1, 0.15) is 11.6 Å². The highest BCUT2D eigenvalue weighted by Gasteiger charge is 2.10. The number of pyridine rings is 1. The Labute approximate surface area is 93.9 Å². The van der Waals surface area contributed by atoms with Crippen molar-refractivity contribution in [2.75, 3.05) is 12.8 Å². The molecular formula is C11H14N4O. The largest absolute Gasteiger partial charge is 0.495 e. The Hall–Kier alpha value is -2.04. The third-order valence-electron chi connectivity index (χ3n) is 2.58. The Bertz CT molecular complexity index is 501. The maximum Gasteiger partial charge on any atom is 0.155 e. The molecule has 0 atom stereocenters. The molecule has 2 heterocycles. The number of rotatable bonds is 2. The van der Waals surface area contributed by atoms with Crippen LogP contribution < -0.4 is 10.5 Å². The van der Waals surface area contributed by atoms with Crippen molar-refractivity contribution >= 4 is 5.82 Å². The van der Waals surface area contributed by atoms with Gasteiger partial charge in [-0.2, -0.15) is 9.78 Å². The van der Waals surface area contributed by atoms with Gasteiger partial charge in [0.2, 0.25) is 0 Å². The van der Waals surface area contributed by atoms with Crippen LogP contribution in [0.1, 0.15) is 11.3 Å². The molecule has 16 heavy (non-hydrogen) atoms. The SMILES string of the molecule is COc1ccc(-n2nc(C)c(C)c2N)nc1. The van der Waals surface area contributed by atoms with Crippen molar-refractivity contribution in [3.8, 4) is 11.6 Å². The molecule has 0 unspecified atom stereocenters. The summed E-state index contributed by atoms with van der Waals surface area (Å²) in [5.41, 5.74) is 7.83. The number of nitrogen functional groups attached to an aromatic ring is 1. The monoisotopic (exact) mass is 218 g/mol. The van der Waals surface area contributed by atoms with Crippen LogP contribution >= 0.6 is 0 Å². The fourth-order valence-corrected chi connectivity index (χ4v) is 1.42. The molecule has 0 fully saturated rings. The summed E-state index contributed by atoms with van der Waals surface area (Å²) >= 11 is 0. The molecule has 0 aliphatic rings. The molecule has 2 aromatic rings. The van der Waals surface area contributed by atoms with E-state index in [9.17, 15) is 0 Å². The molecular weight excluding hydrogens is 204 g/mol. The molecule has 0 radical (unpaired) electrons. The average Bonchev–Trinajstić information content (AvgIpc) is 2.57. The van der Waals surface area contributed by atoms with Crippen LogP contribution in [0.2, 0.25) is 0 Å². The lowest BCUT2D eigenvalue weighted by Gasteiger charge is -2.04. The maximum atomic E-state index is 5.94. The second-order valence-electron chi connectivity index (χ2n) is 3.56. The molecule has 2 rings (SSSR count). The number of methoxy groups -OCH3 is 1. The van der Waals surface area contributed by atoms with Crippen LogP contribution in [0.5, 0.6) is 5.75 Å².